The van der Waals surface area contributed by atoms with E-state index in [0.29, 0.717) is 24.5 Å². The molecule has 1 aliphatic rings. The van der Waals surface area contributed by atoms with Crippen molar-refractivity contribution in [3.05, 3.63) is 83.5 Å². The number of alkyl halides is 3. The topological polar surface area (TPSA) is 35.5 Å². The number of allylic oxidation sites excluding steroid dienone is 4. The lowest BCUT2D eigenvalue weighted by Gasteiger charge is -2.18. The van der Waals surface area contributed by atoms with Crippen LogP contribution in [0.15, 0.2) is 72.3 Å². The maximum Gasteiger partial charge on any atom is 0.416 e. The van der Waals surface area contributed by atoms with E-state index in [1.54, 1.807) is 6.92 Å². The molecule has 0 N–H and O–H groups in total. The van der Waals surface area contributed by atoms with E-state index >= 15 is 0 Å². The molecule has 6 heteroatoms. The van der Waals surface area contributed by atoms with E-state index in [0.717, 1.165) is 34.4 Å². The molecule has 0 unspecified atom stereocenters. The van der Waals surface area contributed by atoms with Gasteiger partial charge in [-0.3, -0.25) is 0 Å². The maximum absolute atomic E-state index is 12.9. The summed E-state index contributed by atoms with van der Waals surface area (Å²) in [7, 11) is 0. The highest BCUT2D eigenvalue weighted by molar-refractivity contribution is 5.85. The van der Waals surface area contributed by atoms with Crippen molar-refractivity contribution in [1.29, 1.82) is 0 Å². The van der Waals surface area contributed by atoms with Crippen LogP contribution < -0.4 is 4.74 Å². The molecular weight excluding hydrogens is 429 g/mol. The van der Waals surface area contributed by atoms with Crippen LogP contribution in [0, 0.1) is 5.41 Å². The molecule has 2 aromatic carbocycles. The number of rotatable bonds is 5. The van der Waals surface area contributed by atoms with E-state index in [4.69, 9.17) is 9.47 Å². The van der Waals surface area contributed by atoms with Gasteiger partial charge in [-0.2, -0.15) is 13.2 Å². The average Bonchev–Trinajstić information content (AvgIpc) is 2.87. The molecule has 0 amide bonds. The molecule has 174 valence electrons. The van der Waals surface area contributed by atoms with Gasteiger partial charge < -0.3 is 9.47 Å². The minimum absolute atomic E-state index is 0.244. The highest BCUT2D eigenvalue weighted by Crippen LogP contribution is 2.39. The summed E-state index contributed by atoms with van der Waals surface area (Å²) in [6.07, 6.45) is 2.90. The van der Waals surface area contributed by atoms with Gasteiger partial charge in [-0.15, -0.1) is 0 Å². The van der Waals surface area contributed by atoms with Gasteiger partial charge in [0.25, 0.3) is 0 Å². The van der Waals surface area contributed by atoms with Crippen LogP contribution in [-0.2, 0) is 15.7 Å². The van der Waals surface area contributed by atoms with Crippen molar-refractivity contribution < 1.29 is 27.4 Å². The first kappa shape index (κ1) is 24.4. The Hall–Kier alpha value is -3.28. The average molecular weight is 457 g/mol. The molecule has 0 saturated heterocycles. The van der Waals surface area contributed by atoms with Crippen molar-refractivity contribution in [1.82, 2.24) is 0 Å². The summed E-state index contributed by atoms with van der Waals surface area (Å²) >= 11 is 0. The predicted molar refractivity (Wildman–Crippen MR) is 124 cm³/mol. The zero-order chi connectivity index (χ0) is 24.2. The number of esters is 1. The molecule has 0 fully saturated rings. The second-order valence-electron chi connectivity index (χ2n) is 8.64. The molecule has 0 aromatic heterocycles. The molecule has 1 aliphatic heterocycles. The number of carbonyl (C=O) groups excluding carboxylic acids is 1. The van der Waals surface area contributed by atoms with Gasteiger partial charge in [-0.05, 0) is 60.4 Å². The second kappa shape index (κ2) is 9.69. The van der Waals surface area contributed by atoms with Crippen molar-refractivity contribution in [3.8, 4) is 16.9 Å². The normalized spacial score (nSPS) is 16.0. The first-order valence-corrected chi connectivity index (χ1v) is 10.7. The number of benzene rings is 2. The van der Waals surface area contributed by atoms with Crippen LogP contribution in [0.25, 0.3) is 16.7 Å². The zero-order valence-corrected chi connectivity index (χ0v) is 19.1. The molecule has 0 aliphatic carbocycles. The number of carbonyl (C=O) groups is 1. The highest BCUT2D eigenvalue weighted by atomic mass is 19.4. The Balaban J connectivity index is 1.99. The summed E-state index contributed by atoms with van der Waals surface area (Å²) in [4.78, 5) is 11.7. The fraction of sp³-hybridized carbons (Fsp3) is 0.296. The molecule has 0 atom stereocenters. The Morgan fingerprint density at radius 1 is 1.12 bits per heavy atom. The Morgan fingerprint density at radius 2 is 1.79 bits per heavy atom. The van der Waals surface area contributed by atoms with E-state index < -0.39 is 17.7 Å². The minimum Gasteiger partial charge on any atom is -0.492 e. The van der Waals surface area contributed by atoms with Crippen LogP contribution in [0.4, 0.5) is 13.2 Å². The fourth-order valence-electron chi connectivity index (χ4n) is 3.49. The highest BCUT2D eigenvalue weighted by Gasteiger charge is 2.30. The van der Waals surface area contributed by atoms with Gasteiger partial charge in [0.15, 0.2) is 0 Å². The Kier molecular flexibility index (Phi) is 7.15. The van der Waals surface area contributed by atoms with Gasteiger partial charge >= 0.3 is 12.1 Å². The molecule has 0 radical (unpaired) electrons. The maximum atomic E-state index is 12.9. The number of hydrogen-bond acceptors (Lipinski definition) is 3. The van der Waals surface area contributed by atoms with Crippen LogP contribution in [0.5, 0.6) is 5.75 Å². The van der Waals surface area contributed by atoms with Gasteiger partial charge in [0.05, 0.1) is 18.8 Å². The van der Waals surface area contributed by atoms with Crippen LogP contribution in [-0.4, -0.2) is 19.2 Å². The van der Waals surface area contributed by atoms with Gasteiger partial charge in [-0.1, -0.05) is 50.3 Å². The first-order valence-electron chi connectivity index (χ1n) is 10.7. The fourth-order valence-corrected chi connectivity index (χ4v) is 3.49. The molecule has 3 nitrogen and oxygen atoms in total. The van der Waals surface area contributed by atoms with E-state index in [1.165, 1.54) is 18.2 Å². The van der Waals surface area contributed by atoms with Crippen molar-refractivity contribution >= 4 is 11.5 Å². The monoisotopic (exact) mass is 456 g/mol. The van der Waals surface area contributed by atoms with Crippen LogP contribution in [0.1, 0.15) is 38.8 Å². The largest absolute Gasteiger partial charge is 0.492 e. The molecular formula is C27H27F3O3. The first-order chi connectivity index (χ1) is 15.5. The minimum atomic E-state index is -4.37. The molecule has 33 heavy (non-hydrogen) atoms. The van der Waals surface area contributed by atoms with E-state index in [9.17, 15) is 18.0 Å². The van der Waals surface area contributed by atoms with E-state index in [-0.39, 0.29) is 5.41 Å². The Bertz CT molecular complexity index is 1100. The zero-order valence-electron chi connectivity index (χ0n) is 19.1. The molecule has 2 aromatic rings. The molecule has 0 saturated carbocycles. The van der Waals surface area contributed by atoms with Gasteiger partial charge in [0.2, 0.25) is 0 Å². The van der Waals surface area contributed by atoms with Crippen molar-refractivity contribution in [2.75, 3.05) is 13.2 Å². The molecule has 3 rings (SSSR count). The molecule has 1 heterocycles. The number of ether oxygens (including phenoxy) is 2. The summed E-state index contributed by atoms with van der Waals surface area (Å²) in [5, 5.41) is 0. The van der Waals surface area contributed by atoms with Gasteiger partial charge in [0, 0.05) is 17.1 Å². The Morgan fingerprint density at radius 3 is 2.42 bits per heavy atom. The summed E-state index contributed by atoms with van der Waals surface area (Å²) < 4.78 is 49.8. The third-order valence-corrected chi connectivity index (χ3v) is 5.14. The quantitative estimate of drug-likeness (QED) is 0.270. The van der Waals surface area contributed by atoms with Crippen LogP contribution in [0.2, 0.25) is 0 Å². The number of fused-ring (bicyclic) bond motifs is 1. The third kappa shape index (κ3) is 6.37. The summed E-state index contributed by atoms with van der Waals surface area (Å²) in [5.41, 5.74) is 3.00. The number of hydrogen-bond donors (Lipinski definition) is 0. The second-order valence-corrected chi connectivity index (χ2v) is 8.64. The lowest BCUT2D eigenvalue weighted by molar-refractivity contribution is -0.138. The van der Waals surface area contributed by atoms with Crippen molar-refractivity contribution in [3.63, 3.8) is 0 Å². The molecule has 0 bridgehead atoms. The number of halogens is 3. The van der Waals surface area contributed by atoms with E-state index in [1.807, 2.05) is 37.3 Å². The lowest BCUT2D eigenvalue weighted by atomic mass is 9.89. The standard InChI is InChI=1S/C27H27F3O3/c1-5-32-25(31)14-18(2)6-7-21-16-26(3,4)17-33-24-13-10-20(15-23(21)24)19-8-11-22(12-9-19)27(28,29)30/h6-16H,5,17H2,1-4H3. The van der Waals surface area contributed by atoms with Crippen molar-refractivity contribution in [2.24, 2.45) is 5.41 Å². The summed E-state index contributed by atoms with van der Waals surface area (Å²) in [5.74, 6) is 0.294. The lowest BCUT2D eigenvalue weighted by Crippen LogP contribution is -2.17. The Labute approximate surface area is 192 Å². The summed E-state index contributed by atoms with van der Waals surface area (Å²) in [6, 6.07) is 10.7. The van der Waals surface area contributed by atoms with Crippen molar-refractivity contribution in [2.45, 2.75) is 33.9 Å². The van der Waals surface area contributed by atoms with Crippen LogP contribution in [0.3, 0.4) is 0 Å². The smallest absolute Gasteiger partial charge is 0.416 e. The SMILES string of the molecule is CCOC(=O)C=C(C)C=CC1=CC(C)(C)COc2ccc(-c3ccc(C(F)(F)F)cc3)cc21. The van der Waals surface area contributed by atoms with Crippen LogP contribution >= 0.6 is 0 Å². The van der Waals surface area contributed by atoms with Gasteiger partial charge in [0.1, 0.15) is 5.75 Å². The molecule has 0 spiro atoms. The van der Waals surface area contributed by atoms with E-state index in [2.05, 4.69) is 19.9 Å². The van der Waals surface area contributed by atoms with Gasteiger partial charge in [-0.25, -0.2) is 4.79 Å². The summed E-state index contributed by atoms with van der Waals surface area (Å²) in [6.45, 7) is 8.47. The predicted octanol–water partition coefficient (Wildman–Crippen LogP) is 7.24. The third-order valence-electron chi connectivity index (χ3n) is 5.14.